The van der Waals surface area contributed by atoms with Gasteiger partial charge in [0.25, 0.3) is 5.91 Å². The van der Waals surface area contributed by atoms with Gasteiger partial charge in [-0.1, -0.05) is 0 Å². The zero-order valence-corrected chi connectivity index (χ0v) is 13.9. The van der Waals surface area contributed by atoms with Crippen molar-refractivity contribution in [3.8, 4) is 0 Å². The quantitative estimate of drug-likeness (QED) is 0.697. The number of piperazine rings is 1. The van der Waals surface area contributed by atoms with E-state index in [1.165, 1.54) is 6.20 Å². The standard InChI is InChI=1S/C16H25N5O3/c1-11(22)20-7-9-21(10-8-20)14-4-2-3-12(15(14)23)18-16(24)13-5-6-17-19-13/h5-6,12,14-15,23H,2-4,7-10H2,1H3,(H,17,19)(H,18,24)/t12-,14-,15-/m1/s1. The predicted molar refractivity (Wildman–Crippen MR) is 87.3 cm³/mol. The Morgan fingerprint density at radius 3 is 2.67 bits per heavy atom. The Morgan fingerprint density at radius 2 is 2.04 bits per heavy atom. The van der Waals surface area contributed by atoms with Crippen molar-refractivity contribution < 1.29 is 14.7 Å². The van der Waals surface area contributed by atoms with Crippen LogP contribution in [0.4, 0.5) is 0 Å². The van der Waals surface area contributed by atoms with Crippen LogP contribution in [0.25, 0.3) is 0 Å². The minimum absolute atomic E-state index is 0.0277. The molecule has 1 aromatic heterocycles. The molecule has 0 bridgehead atoms. The average molecular weight is 335 g/mol. The van der Waals surface area contributed by atoms with Crippen molar-refractivity contribution in [2.24, 2.45) is 0 Å². The second kappa shape index (κ2) is 7.31. The van der Waals surface area contributed by atoms with Gasteiger partial charge in [0.2, 0.25) is 5.91 Å². The van der Waals surface area contributed by atoms with Gasteiger partial charge in [0.1, 0.15) is 5.69 Å². The first kappa shape index (κ1) is 16.9. The van der Waals surface area contributed by atoms with Gasteiger partial charge in [0, 0.05) is 45.3 Å². The molecule has 3 atom stereocenters. The van der Waals surface area contributed by atoms with Gasteiger partial charge in [-0.2, -0.15) is 5.10 Å². The number of rotatable bonds is 3. The third-order valence-corrected chi connectivity index (χ3v) is 5.11. The van der Waals surface area contributed by atoms with Gasteiger partial charge < -0.3 is 15.3 Å². The van der Waals surface area contributed by atoms with Crippen LogP contribution >= 0.6 is 0 Å². The number of amides is 2. The highest BCUT2D eigenvalue weighted by molar-refractivity contribution is 5.92. The molecule has 2 heterocycles. The van der Waals surface area contributed by atoms with Crippen molar-refractivity contribution in [2.75, 3.05) is 26.2 Å². The normalized spacial score (nSPS) is 28.6. The highest BCUT2D eigenvalue weighted by Gasteiger charge is 2.37. The van der Waals surface area contributed by atoms with Crippen LogP contribution in [0.15, 0.2) is 12.3 Å². The molecule has 3 rings (SSSR count). The fourth-order valence-electron chi connectivity index (χ4n) is 3.71. The number of hydrogen-bond donors (Lipinski definition) is 3. The number of nitrogens with zero attached hydrogens (tertiary/aromatic N) is 3. The lowest BCUT2D eigenvalue weighted by atomic mass is 9.86. The van der Waals surface area contributed by atoms with E-state index in [1.54, 1.807) is 13.0 Å². The Kier molecular flexibility index (Phi) is 5.15. The Bertz CT molecular complexity index is 568. The maximum atomic E-state index is 12.2. The zero-order chi connectivity index (χ0) is 17.1. The van der Waals surface area contributed by atoms with Crippen molar-refractivity contribution in [2.45, 2.75) is 44.4 Å². The smallest absolute Gasteiger partial charge is 0.269 e. The van der Waals surface area contributed by atoms with Crippen molar-refractivity contribution in [1.82, 2.24) is 25.3 Å². The summed E-state index contributed by atoms with van der Waals surface area (Å²) >= 11 is 0. The molecule has 2 fully saturated rings. The van der Waals surface area contributed by atoms with E-state index in [2.05, 4.69) is 20.4 Å². The van der Waals surface area contributed by atoms with Gasteiger partial charge >= 0.3 is 0 Å². The van der Waals surface area contributed by atoms with Crippen LogP contribution in [0.3, 0.4) is 0 Å². The number of aliphatic hydroxyl groups is 1. The van der Waals surface area contributed by atoms with E-state index >= 15 is 0 Å². The lowest BCUT2D eigenvalue weighted by Crippen LogP contribution is -2.60. The summed E-state index contributed by atoms with van der Waals surface area (Å²) in [5, 5.41) is 20.1. The number of hydrogen-bond acceptors (Lipinski definition) is 5. The van der Waals surface area contributed by atoms with E-state index < -0.39 is 6.10 Å². The molecule has 1 aliphatic heterocycles. The van der Waals surface area contributed by atoms with Crippen LogP contribution in [0.5, 0.6) is 0 Å². The molecule has 24 heavy (non-hydrogen) atoms. The van der Waals surface area contributed by atoms with Crippen LogP contribution in [-0.4, -0.2) is 81.3 Å². The first-order valence-electron chi connectivity index (χ1n) is 8.54. The van der Waals surface area contributed by atoms with Crippen LogP contribution in [0.2, 0.25) is 0 Å². The monoisotopic (exact) mass is 335 g/mol. The molecule has 8 nitrogen and oxygen atoms in total. The number of aromatic nitrogens is 2. The van der Waals surface area contributed by atoms with Gasteiger partial charge in [0.05, 0.1) is 12.1 Å². The highest BCUT2D eigenvalue weighted by Crippen LogP contribution is 2.25. The Balaban J connectivity index is 1.58. The molecule has 2 amide bonds. The minimum Gasteiger partial charge on any atom is -0.389 e. The molecule has 1 aromatic rings. The number of nitrogens with one attached hydrogen (secondary N) is 2. The topological polar surface area (TPSA) is 102 Å². The fourth-order valence-corrected chi connectivity index (χ4v) is 3.71. The Hall–Kier alpha value is -1.93. The number of H-pyrrole nitrogens is 1. The molecule has 1 aliphatic carbocycles. The summed E-state index contributed by atoms with van der Waals surface area (Å²) in [4.78, 5) is 27.7. The van der Waals surface area contributed by atoms with Crippen molar-refractivity contribution in [3.63, 3.8) is 0 Å². The molecular formula is C16H25N5O3. The summed E-state index contributed by atoms with van der Waals surface area (Å²) in [7, 11) is 0. The Morgan fingerprint density at radius 1 is 1.29 bits per heavy atom. The maximum Gasteiger partial charge on any atom is 0.269 e. The lowest BCUT2D eigenvalue weighted by Gasteiger charge is -2.44. The predicted octanol–water partition coefficient (Wildman–Crippen LogP) is -0.414. The second-order valence-electron chi connectivity index (χ2n) is 6.58. The van der Waals surface area contributed by atoms with Crippen molar-refractivity contribution in [3.05, 3.63) is 18.0 Å². The van der Waals surface area contributed by atoms with Crippen LogP contribution in [0.1, 0.15) is 36.7 Å². The third kappa shape index (κ3) is 3.59. The van der Waals surface area contributed by atoms with E-state index in [4.69, 9.17) is 0 Å². The molecule has 8 heteroatoms. The van der Waals surface area contributed by atoms with E-state index in [0.717, 1.165) is 32.4 Å². The van der Waals surface area contributed by atoms with Crippen molar-refractivity contribution in [1.29, 1.82) is 0 Å². The summed E-state index contributed by atoms with van der Waals surface area (Å²) in [6.45, 7) is 4.52. The van der Waals surface area contributed by atoms with Crippen LogP contribution in [-0.2, 0) is 4.79 Å². The van der Waals surface area contributed by atoms with Gasteiger partial charge in [-0.05, 0) is 25.3 Å². The summed E-state index contributed by atoms with van der Waals surface area (Å²) < 4.78 is 0. The SMILES string of the molecule is CC(=O)N1CCN([C@@H]2CCC[C@@H](NC(=O)c3ccn[nH]3)[C@H]2O)CC1. The van der Waals surface area contributed by atoms with Crippen LogP contribution in [0, 0.1) is 0 Å². The molecule has 0 unspecified atom stereocenters. The maximum absolute atomic E-state index is 12.2. The van der Waals surface area contributed by atoms with Gasteiger partial charge in [0.15, 0.2) is 0 Å². The molecule has 0 spiro atoms. The highest BCUT2D eigenvalue weighted by atomic mass is 16.3. The first-order chi connectivity index (χ1) is 11.6. The number of aliphatic hydroxyl groups excluding tert-OH is 1. The minimum atomic E-state index is -0.602. The largest absolute Gasteiger partial charge is 0.389 e. The van der Waals surface area contributed by atoms with E-state index in [9.17, 15) is 14.7 Å². The molecule has 3 N–H and O–H groups in total. The zero-order valence-electron chi connectivity index (χ0n) is 13.9. The molecule has 0 radical (unpaired) electrons. The number of carbonyl (C=O) groups is 2. The summed E-state index contributed by atoms with van der Waals surface area (Å²) in [5.41, 5.74) is 0.402. The molecule has 0 aromatic carbocycles. The van der Waals surface area contributed by atoms with Gasteiger partial charge in [-0.3, -0.25) is 19.6 Å². The van der Waals surface area contributed by atoms with E-state index in [0.29, 0.717) is 18.8 Å². The first-order valence-corrected chi connectivity index (χ1v) is 8.54. The number of carbonyl (C=O) groups excluding carboxylic acids is 2. The molecule has 1 saturated heterocycles. The van der Waals surface area contributed by atoms with E-state index in [1.807, 2.05) is 4.90 Å². The summed E-state index contributed by atoms with van der Waals surface area (Å²) in [6.07, 6.45) is 3.57. The average Bonchev–Trinajstić information content (AvgIpc) is 3.11. The third-order valence-electron chi connectivity index (χ3n) is 5.11. The van der Waals surface area contributed by atoms with Crippen LogP contribution < -0.4 is 5.32 Å². The van der Waals surface area contributed by atoms with E-state index in [-0.39, 0.29) is 23.9 Å². The molecular weight excluding hydrogens is 310 g/mol. The Labute approximate surface area is 141 Å². The fraction of sp³-hybridized carbons (Fsp3) is 0.688. The van der Waals surface area contributed by atoms with Crippen molar-refractivity contribution >= 4 is 11.8 Å². The van der Waals surface area contributed by atoms with Gasteiger partial charge in [-0.15, -0.1) is 0 Å². The van der Waals surface area contributed by atoms with Gasteiger partial charge in [-0.25, -0.2) is 0 Å². The molecule has 2 aliphatic rings. The number of aromatic amines is 1. The molecule has 132 valence electrons. The molecule has 1 saturated carbocycles. The summed E-state index contributed by atoms with van der Waals surface area (Å²) in [6, 6.07) is 1.38. The second-order valence-corrected chi connectivity index (χ2v) is 6.58. The lowest BCUT2D eigenvalue weighted by molar-refractivity contribution is -0.131. The summed E-state index contributed by atoms with van der Waals surface area (Å²) in [5.74, 6) is -0.137.